The summed E-state index contributed by atoms with van der Waals surface area (Å²) < 4.78 is 13.3. The van der Waals surface area contributed by atoms with Crippen molar-refractivity contribution in [3.05, 3.63) is 35.6 Å². The van der Waals surface area contributed by atoms with Crippen LogP contribution in [-0.4, -0.2) is 25.6 Å². The summed E-state index contributed by atoms with van der Waals surface area (Å²) in [6.07, 6.45) is 0. The van der Waals surface area contributed by atoms with Crippen LogP contribution in [0.25, 0.3) is 0 Å². The molecule has 0 saturated heterocycles. The van der Waals surface area contributed by atoms with Crippen molar-refractivity contribution in [2.75, 3.05) is 19.6 Å². The van der Waals surface area contributed by atoms with Gasteiger partial charge in [-0.05, 0) is 31.5 Å². The van der Waals surface area contributed by atoms with Gasteiger partial charge in [-0.15, -0.1) is 24.0 Å². The molecule has 0 fully saturated rings. The number of hydrogen-bond donors (Lipinski definition) is 2. The largest absolute Gasteiger partial charge is 0.357 e. The van der Waals surface area contributed by atoms with Gasteiger partial charge in [-0.25, -0.2) is 4.39 Å². The van der Waals surface area contributed by atoms with Gasteiger partial charge < -0.3 is 10.6 Å². The molecule has 2 N–H and O–H groups in total. The van der Waals surface area contributed by atoms with E-state index in [9.17, 15) is 4.39 Å². The van der Waals surface area contributed by atoms with Crippen molar-refractivity contribution in [2.45, 2.75) is 33.1 Å². The molecule has 0 atom stereocenters. The lowest BCUT2D eigenvalue weighted by molar-refractivity contribution is 0.529. The molecular weight excluding hydrogens is 368 g/mol. The molecule has 1 rings (SSSR count). The molecule has 0 heterocycles. The molecule has 0 aromatic heterocycles. The van der Waals surface area contributed by atoms with Gasteiger partial charge in [0.2, 0.25) is 0 Å². The highest BCUT2D eigenvalue weighted by Gasteiger charge is 2.20. The average Bonchev–Trinajstić information content (AvgIpc) is 2.37. The third kappa shape index (κ3) is 6.07. The first-order chi connectivity index (χ1) is 8.99. The van der Waals surface area contributed by atoms with Gasteiger partial charge in [0.1, 0.15) is 5.82 Å². The molecule has 0 aliphatic heterocycles. The number of benzene rings is 1. The van der Waals surface area contributed by atoms with Crippen LogP contribution in [0, 0.1) is 5.82 Å². The average molecular weight is 393 g/mol. The number of guanidine groups is 1. The van der Waals surface area contributed by atoms with Crippen LogP contribution in [0.5, 0.6) is 0 Å². The zero-order valence-electron chi connectivity index (χ0n) is 12.7. The highest BCUT2D eigenvalue weighted by molar-refractivity contribution is 14.0. The lowest BCUT2D eigenvalue weighted by atomic mass is 9.85. The van der Waals surface area contributed by atoms with Gasteiger partial charge in [0.15, 0.2) is 5.96 Å². The molecule has 1 aromatic carbocycles. The Morgan fingerprint density at radius 3 is 2.30 bits per heavy atom. The minimum absolute atomic E-state index is 0. The molecule has 0 bridgehead atoms. The number of nitrogens with zero attached hydrogens (tertiary/aromatic N) is 1. The number of rotatable bonds is 5. The van der Waals surface area contributed by atoms with Crippen LogP contribution in [0.2, 0.25) is 0 Å². The fourth-order valence-corrected chi connectivity index (χ4v) is 1.79. The minimum atomic E-state index is -0.201. The number of hydrogen-bond acceptors (Lipinski definition) is 1. The van der Waals surface area contributed by atoms with Crippen molar-refractivity contribution in [3.63, 3.8) is 0 Å². The SMILES string of the molecule is CCNC(=NCC(C)(C)c1cccc(F)c1)NCC.I. The van der Waals surface area contributed by atoms with Crippen LogP contribution in [0.1, 0.15) is 33.3 Å². The molecule has 1 aromatic rings. The van der Waals surface area contributed by atoms with Crippen molar-refractivity contribution in [2.24, 2.45) is 4.99 Å². The van der Waals surface area contributed by atoms with Crippen LogP contribution < -0.4 is 10.6 Å². The molecule has 3 nitrogen and oxygen atoms in total. The second-order valence-corrected chi connectivity index (χ2v) is 5.12. The van der Waals surface area contributed by atoms with Crippen LogP contribution >= 0.6 is 24.0 Å². The Hall–Kier alpha value is -0.850. The van der Waals surface area contributed by atoms with Crippen molar-refractivity contribution in [3.8, 4) is 0 Å². The van der Waals surface area contributed by atoms with E-state index in [4.69, 9.17) is 0 Å². The summed E-state index contributed by atoms with van der Waals surface area (Å²) in [4.78, 5) is 4.55. The zero-order chi connectivity index (χ0) is 14.3. The zero-order valence-corrected chi connectivity index (χ0v) is 15.0. The van der Waals surface area contributed by atoms with Gasteiger partial charge in [-0.2, -0.15) is 0 Å². The van der Waals surface area contributed by atoms with Crippen molar-refractivity contribution in [1.29, 1.82) is 0 Å². The van der Waals surface area contributed by atoms with E-state index in [0.29, 0.717) is 6.54 Å². The predicted octanol–water partition coefficient (Wildman–Crippen LogP) is 3.30. The van der Waals surface area contributed by atoms with E-state index in [1.165, 1.54) is 6.07 Å². The van der Waals surface area contributed by atoms with Gasteiger partial charge in [-0.1, -0.05) is 26.0 Å². The first-order valence-electron chi connectivity index (χ1n) is 6.78. The first-order valence-corrected chi connectivity index (χ1v) is 6.78. The molecule has 0 radical (unpaired) electrons. The molecule has 5 heteroatoms. The van der Waals surface area contributed by atoms with E-state index in [-0.39, 0.29) is 35.2 Å². The second kappa shape index (κ2) is 9.15. The molecule has 0 unspecified atom stereocenters. The van der Waals surface area contributed by atoms with Crippen molar-refractivity contribution >= 4 is 29.9 Å². The maximum atomic E-state index is 13.3. The fraction of sp³-hybridized carbons (Fsp3) is 0.533. The Labute approximate surface area is 138 Å². The third-order valence-electron chi connectivity index (χ3n) is 2.93. The monoisotopic (exact) mass is 393 g/mol. The van der Waals surface area contributed by atoms with Gasteiger partial charge in [0.05, 0.1) is 6.54 Å². The van der Waals surface area contributed by atoms with Gasteiger partial charge in [0, 0.05) is 18.5 Å². The van der Waals surface area contributed by atoms with Crippen LogP contribution in [0.4, 0.5) is 4.39 Å². The van der Waals surface area contributed by atoms with Gasteiger partial charge >= 0.3 is 0 Å². The highest BCUT2D eigenvalue weighted by Crippen LogP contribution is 2.23. The van der Waals surface area contributed by atoms with Gasteiger partial charge in [0.25, 0.3) is 0 Å². The maximum Gasteiger partial charge on any atom is 0.191 e. The topological polar surface area (TPSA) is 36.4 Å². The Kier molecular flexibility index (Phi) is 8.76. The smallest absolute Gasteiger partial charge is 0.191 e. The van der Waals surface area contributed by atoms with E-state index < -0.39 is 0 Å². The lowest BCUT2D eigenvalue weighted by Crippen LogP contribution is -2.38. The maximum absolute atomic E-state index is 13.3. The normalized spacial score (nSPS) is 10.4. The Balaban J connectivity index is 0.00000361. The molecule has 0 spiro atoms. The molecular formula is C15H25FIN3. The van der Waals surface area contributed by atoms with Crippen molar-refractivity contribution in [1.82, 2.24) is 10.6 Å². The van der Waals surface area contributed by atoms with E-state index >= 15 is 0 Å². The summed E-state index contributed by atoms with van der Waals surface area (Å²) in [5.74, 6) is 0.600. The Bertz CT molecular complexity index is 425. The first kappa shape index (κ1) is 19.1. The number of aliphatic imine (C=N–C) groups is 1. The summed E-state index contributed by atoms with van der Waals surface area (Å²) in [6, 6.07) is 6.73. The van der Waals surface area contributed by atoms with E-state index in [1.54, 1.807) is 12.1 Å². The molecule has 20 heavy (non-hydrogen) atoms. The quantitative estimate of drug-likeness (QED) is 0.458. The summed E-state index contributed by atoms with van der Waals surface area (Å²) in [5.41, 5.74) is 0.765. The summed E-state index contributed by atoms with van der Waals surface area (Å²) in [6.45, 7) is 10.5. The number of nitrogens with one attached hydrogen (secondary N) is 2. The van der Waals surface area contributed by atoms with E-state index in [0.717, 1.165) is 24.6 Å². The third-order valence-corrected chi connectivity index (χ3v) is 2.93. The molecule has 114 valence electrons. The molecule has 0 amide bonds. The van der Waals surface area contributed by atoms with Crippen LogP contribution in [-0.2, 0) is 5.41 Å². The molecule has 0 saturated carbocycles. The highest BCUT2D eigenvalue weighted by atomic mass is 127. The number of halogens is 2. The summed E-state index contributed by atoms with van der Waals surface area (Å²) in [7, 11) is 0. The minimum Gasteiger partial charge on any atom is -0.357 e. The lowest BCUT2D eigenvalue weighted by Gasteiger charge is -2.24. The Morgan fingerprint density at radius 2 is 1.80 bits per heavy atom. The standard InChI is InChI=1S/C15H24FN3.HI/c1-5-17-14(18-6-2)19-11-15(3,4)12-8-7-9-13(16)10-12;/h7-10H,5-6,11H2,1-4H3,(H2,17,18,19);1H. The van der Waals surface area contributed by atoms with Gasteiger partial charge in [-0.3, -0.25) is 4.99 Å². The molecule has 0 aliphatic carbocycles. The van der Waals surface area contributed by atoms with Crippen molar-refractivity contribution < 1.29 is 4.39 Å². The predicted molar refractivity (Wildman–Crippen MR) is 94.5 cm³/mol. The van der Waals surface area contributed by atoms with E-state index in [1.807, 2.05) is 19.9 Å². The van der Waals surface area contributed by atoms with Crippen LogP contribution in [0.3, 0.4) is 0 Å². The Morgan fingerprint density at radius 1 is 1.20 bits per heavy atom. The summed E-state index contributed by atoms with van der Waals surface area (Å²) in [5, 5.41) is 6.37. The van der Waals surface area contributed by atoms with E-state index in [2.05, 4.69) is 29.5 Å². The molecule has 0 aliphatic rings. The second-order valence-electron chi connectivity index (χ2n) is 5.12. The van der Waals surface area contributed by atoms with Crippen LogP contribution in [0.15, 0.2) is 29.3 Å². The summed E-state index contributed by atoms with van der Waals surface area (Å²) >= 11 is 0. The fourth-order valence-electron chi connectivity index (χ4n) is 1.79.